The van der Waals surface area contributed by atoms with Gasteiger partial charge in [-0.1, -0.05) is 13.8 Å². The van der Waals surface area contributed by atoms with Crippen molar-refractivity contribution in [1.82, 2.24) is 9.78 Å². The molecule has 0 aliphatic heterocycles. The number of nitrogen functional groups attached to an aromatic ring is 1. The molecule has 5 heteroatoms. The first kappa shape index (κ1) is 13.1. The standard InChI is InChI=1S/C14H18N4O/c1-3-11-13(15)12(4-2)18(17-11)10-7-5-9(6-8-10)14(16)19/h5-8H,3-4,15H2,1-2H3,(H2,16,19). The maximum absolute atomic E-state index is 11.1. The Morgan fingerprint density at radius 2 is 1.84 bits per heavy atom. The van der Waals surface area contributed by atoms with E-state index in [9.17, 15) is 4.79 Å². The van der Waals surface area contributed by atoms with Crippen LogP contribution >= 0.6 is 0 Å². The molecule has 4 N–H and O–H groups in total. The van der Waals surface area contributed by atoms with Crippen LogP contribution in [-0.2, 0) is 12.8 Å². The molecule has 0 bridgehead atoms. The second-order valence-electron chi connectivity index (χ2n) is 4.34. The fourth-order valence-corrected chi connectivity index (χ4v) is 2.10. The van der Waals surface area contributed by atoms with E-state index in [0.29, 0.717) is 5.56 Å². The molecule has 1 aromatic carbocycles. The molecule has 0 fully saturated rings. The fraction of sp³-hybridized carbons (Fsp3) is 0.286. The minimum atomic E-state index is -0.434. The molecule has 19 heavy (non-hydrogen) atoms. The number of amides is 1. The third-order valence-electron chi connectivity index (χ3n) is 3.16. The maximum atomic E-state index is 11.1. The monoisotopic (exact) mass is 258 g/mol. The number of primary amides is 1. The molecular weight excluding hydrogens is 240 g/mol. The summed E-state index contributed by atoms with van der Waals surface area (Å²) in [5.41, 5.74) is 15.3. The number of carbonyl (C=O) groups excluding carboxylic acids is 1. The van der Waals surface area contributed by atoms with Gasteiger partial charge in [0.2, 0.25) is 5.91 Å². The topological polar surface area (TPSA) is 86.9 Å². The minimum Gasteiger partial charge on any atom is -0.396 e. The lowest BCUT2D eigenvalue weighted by Gasteiger charge is -2.06. The number of rotatable bonds is 4. The smallest absolute Gasteiger partial charge is 0.248 e. The van der Waals surface area contributed by atoms with E-state index in [1.807, 2.05) is 30.7 Å². The van der Waals surface area contributed by atoms with Gasteiger partial charge in [0, 0.05) is 5.56 Å². The van der Waals surface area contributed by atoms with Gasteiger partial charge in [0.05, 0.1) is 22.8 Å². The maximum Gasteiger partial charge on any atom is 0.248 e. The first-order chi connectivity index (χ1) is 9.08. The van der Waals surface area contributed by atoms with E-state index in [1.54, 1.807) is 12.1 Å². The first-order valence-corrected chi connectivity index (χ1v) is 6.34. The molecule has 1 heterocycles. The van der Waals surface area contributed by atoms with E-state index in [0.717, 1.165) is 35.6 Å². The van der Waals surface area contributed by atoms with Crippen molar-refractivity contribution in [2.45, 2.75) is 26.7 Å². The Hall–Kier alpha value is -2.30. The molecule has 0 aliphatic carbocycles. The molecular formula is C14H18N4O. The van der Waals surface area contributed by atoms with Gasteiger partial charge in [-0.15, -0.1) is 0 Å². The predicted molar refractivity (Wildman–Crippen MR) is 75.3 cm³/mol. The van der Waals surface area contributed by atoms with E-state index in [2.05, 4.69) is 5.10 Å². The summed E-state index contributed by atoms with van der Waals surface area (Å²) in [6.45, 7) is 4.07. The fourth-order valence-electron chi connectivity index (χ4n) is 2.10. The largest absolute Gasteiger partial charge is 0.396 e. The molecule has 1 aromatic heterocycles. The minimum absolute atomic E-state index is 0.434. The molecule has 0 saturated heterocycles. The van der Waals surface area contributed by atoms with Crippen LogP contribution in [0.2, 0.25) is 0 Å². The molecule has 100 valence electrons. The van der Waals surface area contributed by atoms with Crippen LogP contribution in [0.15, 0.2) is 24.3 Å². The number of anilines is 1. The molecule has 0 spiro atoms. The van der Waals surface area contributed by atoms with Crippen LogP contribution in [0.5, 0.6) is 0 Å². The highest BCUT2D eigenvalue weighted by Crippen LogP contribution is 2.22. The van der Waals surface area contributed by atoms with Gasteiger partial charge >= 0.3 is 0 Å². The van der Waals surface area contributed by atoms with Crippen molar-refractivity contribution in [2.24, 2.45) is 5.73 Å². The summed E-state index contributed by atoms with van der Waals surface area (Å²) in [4.78, 5) is 11.1. The zero-order valence-electron chi connectivity index (χ0n) is 11.2. The van der Waals surface area contributed by atoms with E-state index in [1.165, 1.54) is 0 Å². The van der Waals surface area contributed by atoms with E-state index >= 15 is 0 Å². The summed E-state index contributed by atoms with van der Waals surface area (Å²) in [5.74, 6) is -0.434. The van der Waals surface area contributed by atoms with Gasteiger partial charge in [0.25, 0.3) is 0 Å². The van der Waals surface area contributed by atoms with Crippen molar-refractivity contribution in [2.75, 3.05) is 5.73 Å². The average Bonchev–Trinajstić information content (AvgIpc) is 2.75. The van der Waals surface area contributed by atoms with Crippen LogP contribution in [0.4, 0.5) is 5.69 Å². The van der Waals surface area contributed by atoms with Gasteiger partial charge < -0.3 is 11.5 Å². The predicted octanol–water partition coefficient (Wildman–Crippen LogP) is 1.68. The van der Waals surface area contributed by atoms with Gasteiger partial charge in [0.15, 0.2) is 0 Å². The lowest BCUT2D eigenvalue weighted by Crippen LogP contribution is -2.11. The van der Waals surface area contributed by atoms with Gasteiger partial charge in [-0.2, -0.15) is 5.10 Å². The van der Waals surface area contributed by atoms with Crippen molar-refractivity contribution in [3.05, 3.63) is 41.2 Å². The molecule has 0 unspecified atom stereocenters. The molecule has 0 aliphatic rings. The van der Waals surface area contributed by atoms with Crippen molar-refractivity contribution >= 4 is 11.6 Å². The van der Waals surface area contributed by atoms with Crippen molar-refractivity contribution in [3.8, 4) is 5.69 Å². The highest BCUT2D eigenvalue weighted by atomic mass is 16.1. The molecule has 0 atom stereocenters. The van der Waals surface area contributed by atoms with Crippen LogP contribution < -0.4 is 11.5 Å². The number of aryl methyl sites for hydroxylation is 1. The van der Waals surface area contributed by atoms with Crippen LogP contribution in [0, 0.1) is 0 Å². The molecule has 1 amide bonds. The number of hydrogen-bond donors (Lipinski definition) is 2. The SMILES string of the molecule is CCc1nn(-c2ccc(C(N)=O)cc2)c(CC)c1N. The van der Waals surface area contributed by atoms with Crippen molar-refractivity contribution < 1.29 is 4.79 Å². The summed E-state index contributed by atoms with van der Waals surface area (Å²) in [7, 11) is 0. The normalized spacial score (nSPS) is 10.6. The van der Waals surface area contributed by atoms with Gasteiger partial charge in [-0.25, -0.2) is 4.68 Å². The Kier molecular flexibility index (Phi) is 3.55. The lowest BCUT2D eigenvalue weighted by molar-refractivity contribution is 0.100. The second-order valence-corrected chi connectivity index (χ2v) is 4.34. The quantitative estimate of drug-likeness (QED) is 0.874. The van der Waals surface area contributed by atoms with Gasteiger partial charge in [0.1, 0.15) is 0 Å². The Bertz CT molecular complexity index is 599. The van der Waals surface area contributed by atoms with E-state index in [4.69, 9.17) is 11.5 Å². The zero-order valence-corrected chi connectivity index (χ0v) is 11.2. The Labute approximate surface area is 112 Å². The summed E-state index contributed by atoms with van der Waals surface area (Å²) < 4.78 is 1.83. The zero-order chi connectivity index (χ0) is 14.0. The third kappa shape index (κ3) is 2.31. The number of hydrogen-bond acceptors (Lipinski definition) is 3. The molecule has 5 nitrogen and oxygen atoms in total. The van der Waals surface area contributed by atoms with Gasteiger partial charge in [-0.05, 0) is 37.1 Å². The van der Waals surface area contributed by atoms with Crippen LogP contribution in [0.25, 0.3) is 5.69 Å². The van der Waals surface area contributed by atoms with E-state index in [-0.39, 0.29) is 0 Å². The molecule has 2 aromatic rings. The Morgan fingerprint density at radius 3 is 2.32 bits per heavy atom. The van der Waals surface area contributed by atoms with Crippen molar-refractivity contribution in [3.63, 3.8) is 0 Å². The molecule has 0 saturated carbocycles. The number of nitrogens with zero attached hydrogens (tertiary/aromatic N) is 2. The average molecular weight is 258 g/mol. The van der Waals surface area contributed by atoms with Crippen molar-refractivity contribution in [1.29, 1.82) is 0 Å². The summed E-state index contributed by atoms with van der Waals surface area (Å²) in [6.07, 6.45) is 1.60. The number of carbonyl (C=O) groups is 1. The summed E-state index contributed by atoms with van der Waals surface area (Å²) >= 11 is 0. The number of benzene rings is 1. The van der Waals surface area contributed by atoms with Crippen LogP contribution in [0.1, 0.15) is 35.6 Å². The third-order valence-corrected chi connectivity index (χ3v) is 3.16. The lowest BCUT2D eigenvalue weighted by atomic mass is 10.2. The highest BCUT2D eigenvalue weighted by Gasteiger charge is 2.13. The highest BCUT2D eigenvalue weighted by molar-refractivity contribution is 5.92. The van der Waals surface area contributed by atoms with Crippen LogP contribution in [-0.4, -0.2) is 15.7 Å². The number of aromatic nitrogens is 2. The van der Waals surface area contributed by atoms with Crippen LogP contribution in [0.3, 0.4) is 0 Å². The number of nitrogens with two attached hydrogens (primary N) is 2. The second kappa shape index (κ2) is 5.14. The molecule has 0 radical (unpaired) electrons. The Morgan fingerprint density at radius 1 is 1.21 bits per heavy atom. The first-order valence-electron chi connectivity index (χ1n) is 6.34. The summed E-state index contributed by atoms with van der Waals surface area (Å²) in [6, 6.07) is 7.04. The Balaban J connectivity index is 2.49. The molecule has 2 rings (SSSR count). The van der Waals surface area contributed by atoms with E-state index < -0.39 is 5.91 Å². The van der Waals surface area contributed by atoms with Gasteiger partial charge in [-0.3, -0.25) is 4.79 Å². The summed E-state index contributed by atoms with van der Waals surface area (Å²) in [5, 5.41) is 4.52.